The molecule has 0 bridgehead atoms. The lowest BCUT2D eigenvalue weighted by molar-refractivity contribution is 0.0389. The number of hydrogen-bond acceptors (Lipinski definition) is 5. The first-order valence-electron chi connectivity index (χ1n) is 8.77. The topological polar surface area (TPSA) is 62.0 Å². The van der Waals surface area contributed by atoms with Crippen molar-refractivity contribution in [1.82, 2.24) is 15.5 Å². The van der Waals surface area contributed by atoms with Gasteiger partial charge in [-0.2, -0.15) is 0 Å². The molecule has 0 unspecified atom stereocenters. The summed E-state index contributed by atoms with van der Waals surface area (Å²) in [4.78, 5) is 8.38. The number of nitrogens with one attached hydrogen (secondary N) is 2. The van der Waals surface area contributed by atoms with E-state index in [4.69, 9.17) is 14.1 Å². The Hall–Kier alpha value is -1.10. The van der Waals surface area contributed by atoms with Gasteiger partial charge < -0.3 is 19.8 Å². The predicted molar refractivity (Wildman–Crippen MR) is 117 cm³/mol. The van der Waals surface area contributed by atoms with Gasteiger partial charge in [0, 0.05) is 44.0 Å². The molecule has 2 aromatic rings. The maximum Gasteiger partial charge on any atom is 0.191 e. The van der Waals surface area contributed by atoms with E-state index in [2.05, 4.69) is 33.0 Å². The third-order valence-corrected chi connectivity index (χ3v) is 4.90. The highest BCUT2D eigenvalue weighted by Crippen LogP contribution is 2.09. The van der Waals surface area contributed by atoms with Crippen LogP contribution < -0.4 is 10.6 Å². The van der Waals surface area contributed by atoms with Crippen molar-refractivity contribution in [1.29, 1.82) is 0 Å². The normalized spacial score (nSPS) is 15.5. The minimum atomic E-state index is 0. The van der Waals surface area contributed by atoms with Gasteiger partial charge in [-0.05, 0) is 23.6 Å². The summed E-state index contributed by atoms with van der Waals surface area (Å²) >= 11 is 1.73. The second kappa shape index (κ2) is 12.3. The minimum Gasteiger partial charge on any atom is -0.469 e. The SMILES string of the molecule is I.c1coc(CCNC(=NCc2cccs2)NCCN2CCOCC2)c1. The highest BCUT2D eigenvalue weighted by Gasteiger charge is 2.09. The summed E-state index contributed by atoms with van der Waals surface area (Å²) in [5.41, 5.74) is 0. The zero-order chi connectivity index (χ0) is 17.2. The van der Waals surface area contributed by atoms with Gasteiger partial charge >= 0.3 is 0 Å². The van der Waals surface area contributed by atoms with Crippen LogP contribution in [0.4, 0.5) is 0 Å². The van der Waals surface area contributed by atoms with Gasteiger partial charge in [-0.1, -0.05) is 6.07 Å². The molecular formula is C18H27IN4O2S. The van der Waals surface area contributed by atoms with Crippen molar-refractivity contribution < 1.29 is 9.15 Å². The molecule has 6 nitrogen and oxygen atoms in total. The smallest absolute Gasteiger partial charge is 0.191 e. The van der Waals surface area contributed by atoms with Crippen LogP contribution in [0.15, 0.2) is 45.3 Å². The summed E-state index contributed by atoms with van der Waals surface area (Å²) in [6, 6.07) is 8.09. The van der Waals surface area contributed by atoms with Crippen molar-refractivity contribution in [3.05, 3.63) is 46.5 Å². The molecule has 144 valence electrons. The lowest BCUT2D eigenvalue weighted by Gasteiger charge is -2.26. The van der Waals surface area contributed by atoms with Crippen LogP contribution >= 0.6 is 35.3 Å². The minimum absolute atomic E-state index is 0. The zero-order valence-electron chi connectivity index (χ0n) is 14.9. The van der Waals surface area contributed by atoms with Gasteiger partial charge in [0.15, 0.2) is 5.96 Å². The Morgan fingerprint density at radius 3 is 2.73 bits per heavy atom. The molecule has 0 spiro atoms. The molecular weight excluding hydrogens is 463 g/mol. The number of nitrogens with zero attached hydrogens (tertiary/aromatic N) is 2. The Kier molecular flexibility index (Phi) is 10.0. The van der Waals surface area contributed by atoms with E-state index in [1.165, 1.54) is 4.88 Å². The Morgan fingerprint density at radius 2 is 2.00 bits per heavy atom. The highest BCUT2D eigenvalue weighted by atomic mass is 127. The van der Waals surface area contributed by atoms with E-state index in [9.17, 15) is 0 Å². The first kappa shape index (κ1) is 21.2. The highest BCUT2D eigenvalue weighted by molar-refractivity contribution is 14.0. The molecule has 0 aliphatic carbocycles. The zero-order valence-corrected chi connectivity index (χ0v) is 18.0. The van der Waals surface area contributed by atoms with Crippen molar-refractivity contribution in [3.63, 3.8) is 0 Å². The second-order valence-electron chi connectivity index (χ2n) is 5.88. The number of morpholine rings is 1. The summed E-state index contributed by atoms with van der Waals surface area (Å²) in [6.45, 7) is 7.05. The van der Waals surface area contributed by atoms with Crippen molar-refractivity contribution >= 4 is 41.3 Å². The molecule has 1 aliphatic rings. The van der Waals surface area contributed by atoms with Crippen molar-refractivity contribution in [2.45, 2.75) is 13.0 Å². The van der Waals surface area contributed by atoms with Crippen LogP contribution in [-0.2, 0) is 17.7 Å². The fraction of sp³-hybridized carbons (Fsp3) is 0.500. The first-order chi connectivity index (χ1) is 12.4. The summed E-state index contributed by atoms with van der Waals surface area (Å²) in [5.74, 6) is 1.84. The van der Waals surface area contributed by atoms with Gasteiger partial charge in [-0.25, -0.2) is 4.99 Å². The molecule has 0 radical (unpaired) electrons. The Bertz CT molecular complexity index is 613. The number of halogens is 1. The number of thiophene rings is 1. The summed E-state index contributed by atoms with van der Waals surface area (Å²) < 4.78 is 10.8. The predicted octanol–water partition coefficient (Wildman–Crippen LogP) is 2.57. The molecule has 3 rings (SSSR count). The Morgan fingerprint density at radius 1 is 1.15 bits per heavy atom. The van der Waals surface area contributed by atoms with E-state index >= 15 is 0 Å². The maximum absolute atomic E-state index is 5.39. The second-order valence-corrected chi connectivity index (χ2v) is 6.91. The van der Waals surface area contributed by atoms with Crippen molar-refractivity contribution in [2.75, 3.05) is 45.9 Å². The average Bonchev–Trinajstić information content (AvgIpc) is 3.34. The van der Waals surface area contributed by atoms with Crippen LogP contribution in [0.2, 0.25) is 0 Å². The van der Waals surface area contributed by atoms with Crippen LogP contribution in [0, 0.1) is 0 Å². The standard InChI is InChI=1S/C18H26N4O2S.HI/c1-3-16(24-11-1)5-6-19-18(21-15-17-4-2-14-25-17)20-7-8-22-9-12-23-13-10-22;/h1-4,11,14H,5-10,12-13,15H2,(H2,19,20,21);1H. The van der Waals surface area contributed by atoms with Gasteiger partial charge in [0.25, 0.3) is 0 Å². The molecule has 26 heavy (non-hydrogen) atoms. The number of aliphatic imine (C=N–C) groups is 1. The first-order valence-corrected chi connectivity index (χ1v) is 9.65. The van der Waals surface area contributed by atoms with Gasteiger partial charge in [-0.3, -0.25) is 4.90 Å². The van der Waals surface area contributed by atoms with Crippen molar-refractivity contribution in [3.8, 4) is 0 Å². The van der Waals surface area contributed by atoms with Gasteiger partial charge in [0.2, 0.25) is 0 Å². The molecule has 2 aromatic heterocycles. The van der Waals surface area contributed by atoms with Gasteiger partial charge in [0.05, 0.1) is 26.0 Å². The molecule has 8 heteroatoms. The van der Waals surface area contributed by atoms with E-state index in [0.29, 0.717) is 6.54 Å². The molecule has 2 N–H and O–H groups in total. The number of rotatable bonds is 8. The van der Waals surface area contributed by atoms with Crippen LogP contribution in [-0.4, -0.2) is 56.8 Å². The molecule has 1 saturated heterocycles. The summed E-state index contributed by atoms with van der Waals surface area (Å²) in [7, 11) is 0. The third kappa shape index (κ3) is 7.65. The monoisotopic (exact) mass is 490 g/mol. The Balaban J connectivity index is 0.00000243. The fourth-order valence-corrected chi connectivity index (χ4v) is 3.28. The van der Waals surface area contributed by atoms with Crippen molar-refractivity contribution in [2.24, 2.45) is 4.99 Å². The fourth-order valence-electron chi connectivity index (χ4n) is 2.65. The molecule has 1 aliphatic heterocycles. The summed E-state index contributed by atoms with van der Waals surface area (Å²) in [6.07, 6.45) is 2.55. The number of hydrogen-bond donors (Lipinski definition) is 2. The van der Waals surface area contributed by atoms with E-state index in [1.54, 1.807) is 17.6 Å². The molecule has 0 aromatic carbocycles. The number of furan rings is 1. The molecule has 0 saturated carbocycles. The lowest BCUT2D eigenvalue weighted by atomic mass is 10.3. The van der Waals surface area contributed by atoms with E-state index < -0.39 is 0 Å². The van der Waals surface area contributed by atoms with E-state index in [-0.39, 0.29) is 24.0 Å². The summed E-state index contributed by atoms with van der Waals surface area (Å²) in [5, 5.41) is 8.92. The quantitative estimate of drug-likeness (QED) is 0.339. The van der Waals surface area contributed by atoms with Gasteiger partial charge in [-0.15, -0.1) is 35.3 Å². The van der Waals surface area contributed by atoms with Gasteiger partial charge in [0.1, 0.15) is 5.76 Å². The molecule has 0 amide bonds. The average molecular weight is 490 g/mol. The molecule has 1 fully saturated rings. The van der Waals surface area contributed by atoms with Crippen LogP contribution in [0.5, 0.6) is 0 Å². The number of guanidine groups is 1. The largest absolute Gasteiger partial charge is 0.469 e. The van der Waals surface area contributed by atoms with E-state index in [1.807, 2.05) is 12.1 Å². The van der Waals surface area contributed by atoms with Crippen LogP contribution in [0.1, 0.15) is 10.6 Å². The van der Waals surface area contributed by atoms with Crippen LogP contribution in [0.3, 0.4) is 0 Å². The van der Waals surface area contributed by atoms with E-state index in [0.717, 1.165) is 64.1 Å². The maximum atomic E-state index is 5.39. The number of ether oxygens (including phenoxy) is 1. The molecule has 0 atom stereocenters. The molecule has 3 heterocycles. The van der Waals surface area contributed by atoms with Crippen LogP contribution in [0.25, 0.3) is 0 Å². The lowest BCUT2D eigenvalue weighted by Crippen LogP contribution is -2.44. The third-order valence-electron chi connectivity index (χ3n) is 4.04. The Labute approximate surface area is 176 Å².